The van der Waals surface area contributed by atoms with Crippen molar-refractivity contribution in [3.8, 4) is 5.88 Å². The van der Waals surface area contributed by atoms with Crippen molar-refractivity contribution in [2.24, 2.45) is 0 Å². The van der Waals surface area contributed by atoms with Crippen molar-refractivity contribution in [1.82, 2.24) is 24.6 Å². The number of hydrogen-bond donors (Lipinski definition) is 2. The van der Waals surface area contributed by atoms with Crippen LogP contribution in [0.4, 0.5) is 4.39 Å². The van der Waals surface area contributed by atoms with Crippen LogP contribution in [0.15, 0.2) is 36.7 Å². The number of aliphatic hydroxyl groups is 1. The van der Waals surface area contributed by atoms with Gasteiger partial charge in [-0.15, -0.1) is 0 Å². The molecule has 1 fully saturated rings. The van der Waals surface area contributed by atoms with E-state index in [4.69, 9.17) is 28.0 Å². The van der Waals surface area contributed by atoms with Gasteiger partial charge in [0.05, 0.1) is 32.8 Å². The van der Waals surface area contributed by atoms with Crippen molar-refractivity contribution in [2.45, 2.75) is 77.3 Å². The highest BCUT2D eigenvalue weighted by Gasteiger charge is 2.56. The summed E-state index contributed by atoms with van der Waals surface area (Å²) in [6, 6.07) is 7.60. The molecule has 1 aliphatic heterocycles. The molecule has 0 spiro atoms. The van der Waals surface area contributed by atoms with Crippen LogP contribution in [0.3, 0.4) is 0 Å². The predicted molar refractivity (Wildman–Crippen MR) is 160 cm³/mol. The number of aryl methyl sites for hydroxylation is 1. The van der Waals surface area contributed by atoms with E-state index >= 15 is 4.39 Å². The summed E-state index contributed by atoms with van der Waals surface area (Å²) in [6.45, 7) is 6.21. The molecular weight excluding hydrogens is 628 g/mol. The van der Waals surface area contributed by atoms with E-state index in [0.717, 1.165) is 6.92 Å². The molecule has 2 N–H and O–H groups in total. The van der Waals surface area contributed by atoms with E-state index in [-0.39, 0.29) is 30.1 Å². The number of aliphatic hydroxyl groups excluding tert-OH is 1. The summed E-state index contributed by atoms with van der Waals surface area (Å²) in [7, 11) is -3.16. The summed E-state index contributed by atoms with van der Waals surface area (Å²) >= 11 is 0. The Labute approximate surface area is 265 Å². The summed E-state index contributed by atoms with van der Waals surface area (Å²) in [6.07, 6.45) is -3.82. The Bertz CT molecular complexity index is 1560. The molecule has 0 aliphatic carbocycles. The molecule has 2 aromatic heterocycles. The van der Waals surface area contributed by atoms with Gasteiger partial charge in [0.25, 0.3) is 0 Å². The third kappa shape index (κ3) is 8.24. The summed E-state index contributed by atoms with van der Waals surface area (Å²) in [5.41, 5.74) is -1.26. The third-order valence-corrected chi connectivity index (χ3v) is 8.55. The van der Waals surface area contributed by atoms with E-state index in [1.54, 1.807) is 58.0 Å². The minimum absolute atomic E-state index is 0.0220. The SMILES string of the molecule is CCOC(=O)COP(=O)(N[C@H](Cc1ccccc1)C(=O)OC(C)C)OC[C@H]1O[C@@H](n2cnc3c(OC)nc(C)nc32)[C@@](C)(F)C1O. The minimum atomic E-state index is -4.57. The standard InChI is InChI=1S/C29H39FN5O10P/c1-7-41-22(36)15-43-46(39,34-20(27(38)44-17(2)3)13-19-11-9-8-10-12-19)42-14-21-24(37)29(5,30)28(45-21)35-16-31-23-25(35)32-18(4)33-26(23)40-6/h8-12,16-17,20-21,24,28,37H,7,13-15H2,1-6H3,(H,34,39)/t20-,21-,24?,28-,29+,46?/m1/s1. The summed E-state index contributed by atoms with van der Waals surface area (Å²) < 4.78 is 63.9. The van der Waals surface area contributed by atoms with Gasteiger partial charge in [-0.3, -0.25) is 18.4 Å². The molecule has 6 atom stereocenters. The Morgan fingerprint density at radius 3 is 2.59 bits per heavy atom. The number of methoxy groups -OCH3 is 1. The van der Waals surface area contributed by atoms with Gasteiger partial charge in [0.1, 0.15) is 24.1 Å². The van der Waals surface area contributed by atoms with Crippen molar-refractivity contribution in [3.05, 3.63) is 48.0 Å². The van der Waals surface area contributed by atoms with Crippen LogP contribution in [-0.2, 0) is 43.8 Å². The highest BCUT2D eigenvalue weighted by atomic mass is 31.2. The first kappa shape index (κ1) is 35.3. The van der Waals surface area contributed by atoms with E-state index in [1.165, 1.54) is 18.0 Å². The van der Waals surface area contributed by atoms with Crippen LogP contribution >= 0.6 is 7.75 Å². The Morgan fingerprint density at radius 2 is 1.93 bits per heavy atom. The fourth-order valence-corrected chi connectivity index (χ4v) is 6.24. The lowest BCUT2D eigenvalue weighted by Gasteiger charge is -2.26. The lowest BCUT2D eigenvalue weighted by atomic mass is 9.98. The first-order chi connectivity index (χ1) is 21.8. The smallest absolute Gasteiger partial charge is 0.406 e. The van der Waals surface area contributed by atoms with Gasteiger partial charge in [-0.2, -0.15) is 4.98 Å². The zero-order valence-electron chi connectivity index (χ0n) is 26.4. The number of carbonyl (C=O) groups excluding carboxylic acids is 2. The van der Waals surface area contributed by atoms with Gasteiger partial charge in [0.2, 0.25) is 5.88 Å². The van der Waals surface area contributed by atoms with Crippen molar-refractivity contribution >= 4 is 30.8 Å². The zero-order valence-corrected chi connectivity index (χ0v) is 27.3. The monoisotopic (exact) mass is 667 g/mol. The molecule has 0 saturated carbocycles. The lowest BCUT2D eigenvalue weighted by molar-refractivity contribution is -0.149. The number of halogens is 1. The molecule has 252 valence electrons. The van der Waals surface area contributed by atoms with Crippen LogP contribution in [0, 0.1) is 6.92 Å². The number of alkyl halides is 1. The lowest BCUT2D eigenvalue weighted by Crippen LogP contribution is -2.42. The molecule has 3 heterocycles. The molecular formula is C29H39FN5O10P. The number of hydrogen-bond acceptors (Lipinski definition) is 13. The number of esters is 2. The average molecular weight is 668 g/mol. The van der Waals surface area contributed by atoms with E-state index in [1.807, 2.05) is 0 Å². The van der Waals surface area contributed by atoms with Crippen molar-refractivity contribution in [3.63, 3.8) is 0 Å². The number of rotatable bonds is 15. The second-order valence-electron chi connectivity index (χ2n) is 11.0. The number of benzene rings is 1. The Kier molecular flexibility index (Phi) is 11.5. The molecule has 0 bridgehead atoms. The van der Waals surface area contributed by atoms with E-state index in [0.29, 0.717) is 11.4 Å². The molecule has 0 amide bonds. The second kappa shape index (κ2) is 14.9. The molecule has 46 heavy (non-hydrogen) atoms. The molecule has 4 rings (SSSR count). The third-order valence-electron chi connectivity index (χ3n) is 6.96. The largest absolute Gasteiger partial charge is 0.479 e. The average Bonchev–Trinajstić information content (AvgIpc) is 3.51. The van der Waals surface area contributed by atoms with Crippen LogP contribution in [0.25, 0.3) is 11.2 Å². The topological polar surface area (TPSA) is 182 Å². The van der Waals surface area contributed by atoms with Crippen molar-refractivity contribution < 1.29 is 51.6 Å². The molecule has 1 aliphatic rings. The molecule has 15 nitrogen and oxygen atoms in total. The van der Waals surface area contributed by atoms with Gasteiger partial charge in [0.15, 0.2) is 29.7 Å². The summed E-state index contributed by atoms with van der Waals surface area (Å²) in [5.74, 6) is -1.09. The summed E-state index contributed by atoms with van der Waals surface area (Å²) in [4.78, 5) is 37.9. The molecule has 1 saturated heterocycles. The maximum Gasteiger partial charge on any atom is 0.406 e. The number of nitrogens with zero attached hydrogens (tertiary/aromatic N) is 4. The van der Waals surface area contributed by atoms with Gasteiger partial charge in [-0.25, -0.2) is 28.8 Å². The van der Waals surface area contributed by atoms with E-state index < -0.39 is 69.1 Å². The summed E-state index contributed by atoms with van der Waals surface area (Å²) in [5, 5.41) is 13.6. The first-order valence-electron chi connectivity index (χ1n) is 14.6. The van der Waals surface area contributed by atoms with E-state index in [9.17, 15) is 19.3 Å². The highest BCUT2D eigenvalue weighted by molar-refractivity contribution is 7.51. The Hall–Kier alpha value is -3.53. The number of nitrogens with one attached hydrogen (secondary N) is 1. The number of carbonyl (C=O) groups is 2. The van der Waals surface area contributed by atoms with Crippen LogP contribution in [0.5, 0.6) is 5.88 Å². The molecule has 1 aromatic carbocycles. The Morgan fingerprint density at radius 1 is 1.22 bits per heavy atom. The molecule has 0 radical (unpaired) electrons. The van der Waals surface area contributed by atoms with Gasteiger partial charge in [0, 0.05) is 0 Å². The highest BCUT2D eigenvalue weighted by Crippen LogP contribution is 2.48. The van der Waals surface area contributed by atoms with E-state index in [2.05, 4.69) is 20.0 Å². The van der Waals surface area contributed by atoms with Crippen molar-refractivity contribution in [2.75, 3.05) is 26.9 Å². The molecule has 3 aromatic rings. The number of aromatic nitrogens is 4. The van der Waals surface area contributed by atoms with Crippen LogP contribution in [-0.4, -0.2) is 93.5 Å². The zero-order chi connectivity index (χ0) is 33.6. The van der Waals surface area contributed by atoms with Crippen molar-refractivity contribution in [1.29, 1.82) is 0 Å². The first-order valence-corrected chi connectivity index (χ1v) is 16.2. The maximum absolute atomic E-state index is 16.1. The van der Waals surface area contributed by atoms with Crippen LogP contribution in [0.1, 0.15) is 45.3 Å². The quantitative estimate of drug-likeness (QED) is 0.178. The molecule has 17 heteroatoms. The van der Waals surface area contributed by atoms with Crippen LogP contribution in [0.2, 0.25) is 0 Å². The fourth-order valence-electron chi connectivity index (χ4n) is 4.82. The van der Waals surface area contributed by atoms with Gasteiger partial charge < -0.3 is 24.1 Å². The second-order valence-corrected chi connectivity index (χ2v) is 12.7. The molecule has 2 unspecified atom stereocenters. The Balaban J connectivity index is 1.58. The number of ether oxygens (including phenoxy) is 4. The predicted octanol–water partition coefficient (Wildman–Crippen LogP) is 2.99. The number of fused-ring (bicyclic) bond motifs is 1. The number of imidazole rings is 1. The normalized spacial score (nSPS) is 23.3. The van der Waals surface area contributed by atoms with Gasteiger partial charge in [-0.05, 0) is 46.6 Å². The fraction of sp³-hybridized carbons (Fsp3) is 0.552. The van der Waals surface area contributed by atoms with Crippen LogP contribution < -0.4 is 9.82 Å². The van der Waals surface area contributed by atoms with Gasteiger partial charge in [-0.1, -0.05) is 30.3 Å². The minimum Gasteiger partial charge on any atom is -0.479 e. The maximum atomic E-state index is 16.1. The van der Waals surface area contributed by atoms with Gasteiger partial charge >= 0.3 is 19.7 Å².